The van der Waals surface area contributed by atoms with Crippen molar-refractivity contribution in [3.05, 3.63) is 59.9 Å². The number of nitrogens with zero attached hydrogens (tertiary/aromatic N) is 1. The van der Waals surface area contributed by atoms with Gasteiger partial charge in [0.15, 0.2) is 0 Å². The van der Waals surface area contributed by atoms with E-state index in [-0.39, 0.29) is 12.0 Å². The lowest BCUT2D eigenvalue weighted by atomic mass is 10.2. The van der Waals surface area contributed by atoms with Crippen molar-refractivity contribution in [2.24, 2.45) is 0 Å². The van der Waals surface area contributed by atoms with E-state index in [1.807, 2.05) is 36.4 Å². The molecule has 3 rings (SSSR count). The Bertz CT molecular complexity index is 655. The average molecular weight is 326 g/mol. The first kappa shape index (κ1) is 16.5. The number of nitrogens with one attached hydrogen (secondary N) is 1. The van der Waals surface area contributed by atoms with Crippen molar-refractivity contribution >= 4 is 5.91 Å². The lowest BCUT2D eigenvalue weighted by Crippen LogP contribution is -2.27. The lowest BCUT2D eigenvalue weighted by Gasteiger charge is -2.14. The minimum absolute atomic E-state index is 0.130. The number of pyridine rings is 1. The smallest absolute Gasteiger partial charge is 0.255 e. The molecule has 24 heavy (non-hydrogen) atoms. The van der Waals surface area contributed by atoms with Gasteiger partial charge in [-0.2, -0.15) is 0 Å². The van der Waals surface area contributed by atoms with Crippen molar-refractivity contribution in [1.29, 1.82) is 0 Å². The fourth-order valence-electron chi connectivity index (χ4n) is 2.68. The molecule has 0 saturated carbocycles. The quantitative estimate of drug-likeness (QED) is 0.850. The Kier molecular flexibility index (Phi) is 5.80. The molecule has 0 spiro atoms. The van der Waals surface area contributed by atoms with Crippen molar-refractivity contribution in [1.82, 2.24) is 10.3 Å². The van der Waals surface area contributed by atoms with Gasteiger partial charge in [0.1, 0.15) is 12.4 Å². The molecule has 2 aromatic rings. The molecule has 0 unspecified atom stereocenters. The SMILES string of the molecule is O=C(NCCc1ccccn1)c1ccccc1OC[C@H]1CCCO1. The van der Waals surface area contributed by atoms with Crippen LogP contribution in [0.5, 0.6) is 5.75 Å². The fraction of sp³-hybridized carbons (Fsp3) is 0.368. The van der Waals surface area contributed by atoms with E-state index in [2.05, 4.69) is 10.3 Å². The molecule has 1 atom stereocenters. The summed E-state index contributed by atoms with van der Waals surface area (Å²) in [5.74, 6) is 0.470. The van der Waals surface area contributed by atoms with Crippen LogP contribution in [-0.2, 0) is 11.2 Å². The van der Waals surface area contributed by atoms with Crippen molar-refractivity contribution in [3.8, 4) is 5.75 Å². The molecule has 5 nitrogen and oxygen atoms in total. The zero-order valence-corrected chi connectivity index (χ0v) is 13.6. The summed E-state index contributed by atoms with van der Waals surface area (Å²) in [6.07, 6.45) is 4.67. The number of hydrogen-bond acceptors (Lipinski definition) is 4. The second-order valence-electron chi connectivity index (χ2n) is 5.77. The average Bonchev–Trinajstić information content (AvgIpc) is 3.14. The largest absolute Gasteiger partial charge is 0.490 e. The summed E-state index contributed by atoms with van der Waals surface area (Å²) >= 11 is 0. The molecule has 1 fully saturated rings. The molecule has 5 heteroatoms. The van der Waals surface area contributed by atoms with Crippen LogP contribution in [0.15, 0.2) is 48.7 Å². The van der Waals surface area contributed by atoms with E-state index in [1.54, 1.807) is 12.3 Å². The van der Waals surface area contributed by atoms with Crippen LogP contribution in [-0.4, -0.2) is 36.8 Å². The minimum Gasteiger partial charge on any atom is -0.490 e. The van der Waals surface area contributed by atoms with Crippen LogP contribution in [0, 0.1) is 0 Å². The summed E-state index contributed by atoms with van der Waals surface area (Å²) in [5.41, 5.74) is 1.51. The van der Waals surface area contributed by atoms with E-state index in [4.69, 9.17) is 9.47 Å². The van der Waals surface area contributed by atoms with Gasteiger partial charge in [0, 0.05) is 31.5 Å². The van der Waals surface area contributed by atoms with Gasteiger partial charge in [-0.05, 0) is 37.1 Å². The molecule has 1 N–H and O–H groups in total. The number of rotatable bonds is 7. The summed E-state index contributed by atoms with van der Waals surface area (Å²) in [7, 11) is 0. The Morgan fingerprint density at radius 3 is 2.92 bits per heavy atom. The number of ether oxygens (including phenoxy) is 2. The van der Waals surface area contributed by atoms with E-state index < -0.39 is 0 Å². The van der Waals surface area contributed by atoms with Gasteiger partial charge in [-0.15, -0.1) is 0 Å². The van der Waals surface area contributed by atoms with Crippen LogP contribution in [0.25, 0.3) is 0 Å². The Morgan fingerprint density at radius 2 is 2.12 bits per heavy atom. The standard InChI is InChI=1S/C19H22N2O3/c22-19(21-12-10-15-6-3-4-11-20-15)17-8-1-2-9-18(17)24-14-16-7-5-13-23-16/h1-4,6,8-9,11,16H,5,7,10,12-14H2,(H,21,22)/t16-/m1/s1. The number of amides is 1. The second-order valence-corrected chi connectivity index (χ2v) is 5.77. The molecule has 1 aliphatic heterocycles. The molecular weight excluding hydrogens is 304 g/mol. The van der Waals surface area contributed by atoms with Gasteiger partial charge in [0.25, 0.3) is 5.91 Å². The van der Waals surface area contributed by atoms with E-state index >= 15 is 0 Å². The van der Waals surface area contributed by atoms with Gasteiger partial charge < -0.3 is 14.8 Å². The summed E-state index contributed by atoms with van der Waals surface area (Å²) < 4.78 is 11.4. The lowest BCUT2D eigenvalue weighted by molar-refractivity contribution is 0.0670. The van der Waals surface area contributed by atoms with Crippen molar-refractivity contribution < 1.29 is 14.3 Å². The van der Waals surface area contributed by atoms with Crippen molar-refractivity contribution in [2.75, 3.05) is 19.8 Å². The molecule has 1 aromatic heterocycles. The first-order valence-electron chi connectivity index (χ1n) is 8.34. The van der Waals surface area contributed by atoms with Crippen LogP contribution < -0.4 is 10.1 Å². The molecule has 0 aliphatic carbocycles. The summed E-state index contributed by atoms with van der Waals surface area (Å²) in [5, 5.41) is 2.93. The van der Waals surface area contributed by atoms with E-state index in [9.17, 15) is 4.79 Å². The first-order valence-corrected chi connectivity index (χ1v) is 8.34. The molecule has 1 amide bonds. The highest BCUT2D eigenvalue weighted by atomic mass is 16.5. The molecule has 1 saturated heterocycles. The molecule has 0 bridgehead atoms. The molecule has 0 radical (unpaired) electrons. The number of carbonyl (C=O) groups is 1. The highest BCUT2D eigenvalue weighted by molar-refractivity contribution is 5.96. The normalized spacial score (nSPS) is 16.8. The highest BCUT2D eigenvalue weighted by Crippen LogP contribution is 2.20. The predicted molar refractivity (Wildman–Crippen MR) is 91.2 cm³/mol. The first-order chi connectivity index (χ1) is 11.8. The van der Waals surface area contributed by atoms with E-state index in [1.165, 1.54) is 0 Å². The maximum absolute atomic E-state index is 12.4. The van der Waals surface area contributed by atoms with Gasteiger partial charge >= 0.3 is 0 Å². The van der Waals surface area contributed by atoms with Gasteiger partial charge in [-0.3, -0.25) is 9.78 Å². The zero-order valence-electron chi connectivity index (χ0n) is 13.6. The predicted octanol–water partition coefficient (Wildman–Crippen LogP) is 2.61. The van der Waals surface area contributed by atoms with E-state index in [0.717, 1.165) is 25.1 Å². The monoisotopic (exact) mass is 326 g/mol. The Hall–Kier alpha value is -2.40. The maximum atomic E-state index is 12.4. The molecule has 2 heterocycles. The molecule has 1 aromatic carbocycles. The Morgan fingerprint density at radius 1 is 1.25 bits per heavy atom. The van der Waals surface area contributed by atoms with Gasteiger partial charge in [-0.25, -0.2) is 0 Å². The van der Waals surface area contributed by atoms with E-state index in [0.29, 0.717) is 30.9 Å². The Labute approximate surface area is 142 Å². The number of para-hydroxylation sites is 1. The summed E-state index contributed by atoms with van der Waals surface area (Å²) in [4.78, 5) is 16.7. The summed E-state index contributed by atoms with van der Waals surface area (Å²) in [6, 6.07) is 13.1. The van der Waals surface area contributed by atoms with Gasteiger partial charge in [0.05, 0.1) is 11.7 Å². The van der Waals surface area contributed by atoms with Crippen LogP contribution in [0.2, 0.25) is 0 Å². The highest BCUT2D eigenvalue weighted by Gasteiger charge is 2.18. The maximum Gasteiger partial charge on any atom is 0.255 e. The number of benzene rings is 1. The third kappa shape index (κ3) is 4.55. The summed E-state index contributed by atoms with van der Waals surface area (Å²) in [6.45, 7) is 1.82. The van der Waals surface area contributed by atoms with Crippen LogP contribution >= 0.6 is 0 Å². The number of aromatic nitrogens is 1. The minimum atomic E-state index is -0.131. The Balaban J connectivity index is 1.53. The molecule has 126 valence electrons. The van der Waals surface area contributed by atoms with Gasteiger partial charge in [0.2, 0.25) is 0 Å². The second kappa shape index (κ2) is 8.45. The third-order valence-corrected chi connectivity index (χ3v) is 3.97. The molecular formula is C19H22N2O3. The molecule has 1 aliphatic rings. The van der Waals surface area contributed by atoms with Crippen molar-refractivity contribution in [2.45, 2.75) is 25.4 Å². The van der Waals surface area contributed by atoms with Crippen molar-refractivity contribution in [3.63, 3.8) is 0 Å². The van der Waals surface area contributed by atoms with Crippen LogP contribution in [0.4, 0.5) is 0 Å². The number of carbonyl (C=O) groups excluding carboxylic acids is 1. The fourth-order valence-corrected chi connectivity index (χ4v) is 2.68. The number of hydrogen-bond donors (Lipinski definition) is 1. The van der Waals surface area contributed by atoms with Crippen LogP contribution in [0.3, 0.4) is 0 Å². The third-order valence-electron chi connectivity index (χ3n) is 3.97. The zero-order chi connectivity index (χ0) is 16.6. The topological polar surface area (TPSA) is 60.5 Å². The van der Waals surface area contributed by atoms with Gasteiger partial charge in [-0.1, -0.05) is 18.2 Å². The van der Waals surface area contributed by atoms with Crippen LogP contribution in [0.1, 0.15) is 28.9 Å².